The monoisotopic (exact) mass is 1490 g/mol. The maximum absolute atomic E-state index is 6.45. The van der Waals surface area contributed by atoms with Gasteiger partial charge in [0.05, 0.1) is 44.8 Å². The van der Waals surface area contributed by atoms with Gasteiger partial charge >= 0.3 is 0 Å². The Kier molecular flexibility index (Phi) is 17.1. The zero-order valence-electron chi connectivity index (χ0n) is 68.8. The molecule has 0 unspecified atom stereocenters. The molecular formula is C108H97BN6. The highest BCUT2D eigenvalue weighted by atomic mass is 15.2. The van der Waals surface area contributed by atoms with Crippen LogP contribution in [0, 0.1) is 0 Å². The zero-order chi connectivity index (χ0) is 79.4. The molecule has 562 valence electrons. The molecular weight excluding hydrogens is 1390 g/mol. The van der Waals surface area contributed by atoms with E-state index < -0.39 is 12.1 Å². The molecule has 13 aromatic carbocycles. The summed E-state index contributed by atoms with van der Waals surface area (Å²) in [7, 11) is 0. The van der Waals surface area contributed by atoms with Crippen molar-refractivity contribution in [1.29, 1.82) is 0 Å². The van der Waals surface area contributed by atoms with Gasteiger partial charge in [0.1, 0.15) is 11.6 Å². The van der Waals surface area contributed by atoms with Crippen LogP contribution in [0.2, 0.25) is 0 Å². The van der Waals surface area contributed by atoms with Crippen molar-refractivity contribution in [1.82, 2.24) is 19.1 Å². The van der Waals surface area contributed by atoms with E-state index in [4.69, 9.17) is 9.97 Å². The van der Waals surface area contributed by atoms with Gasteiger partial charge in [-0.1, -0.05) is 347 Å². The topological polar surface area (TPSA) is 42.1 Å². The molecule has 115 heavy (non-hydrogen) atoms. The van der Waals surface area contributed by atoms with Crippen molar-refractivity contribution in [3.05, 3.63) is 343 Å². The van der Waals surface area contributed by atoms with Gasteiger partial charge in [0, 0.05) is 78.7 Å². The standard InChI is InChI=1S/C108H97BN6/c1-104(2,3)74-52-56-87-83(60-74)84-61-75(105(4,5)6)53-57-88(84)112(87)95-66-93-98(100(110-95)72-44-30-20-31-45-72)109-97-91(114(93)102-79(68-36-22-16-23-37-68)48-34-49-80(102)69-38-24-17-25-39-69)64-78(108(13,14)15)65-92(97)115(103-81(70-40-26-18-27-41-70)50-35-51-82(103)71-42-28-19-29-43-71)94-67-96(111-101(99(94)109)73-46-32-21-33-47-73)113-89-58-54-76(106(7,8)9)62-85(89)86-63-77(107(10,11)12)55-59-90(86)113/h16-67H,1-15H3. The molecule has 0 amide bonds. The molecule has 0 radical (unpaired) electrons. The number of nitrogens with zero attached hydrogens (tertiary/aromatic N) is 6. The first-order valence-corrected chi connectivity index (χ1v) is 40.9. The summed E-state index contributed by atoms with van der Waals surface area (Å²) >= 11 is 0. The smallest absolute Gasteiger partial charge is 0.257 e. The fourth-order valence-corrected chi connectivity index (χ4v) is 18.1. The zero-order valence-corrected chi connectivity index (χ0v) is 68.8. The van der Waals surface area contributed by atoms with Gasteiger partial charge in [-0.05, 0) is 165 Å². The fourth-order valence-electron chi connectivity index (χ4n) is 18.1. The number of benzene rings is 13. The van der Waals surface area contributed by atoms with Crippen LogP contribution in [0.25, 0.3) is 122 Å². The van der Waals surface area contributed by atoms with E-state index in [0.29, 0.717) is 0 Å². The molecule has 2 aliphatic heterocycles. The largest absolute Gasteiger partial charge is 0.310 e. The lowest BCUT2D eigenvalue weighted by Crippen LogP contribution is -2.63. The lowest BCUT2D eigenvalue weighted by Gasteiger charge is -2.47. The first kappa shape index (κ1) is 72.7. The Hall–Kier alpha value is -12.6. The molecule has 4 aromatic heterocycles. The Balaban J connectivity index is 1.05. The molecule has 0 bridgehead atoms. The molecule has 0 spiro atoms. The van der Waals surface area contributed by atoms with E-state index in [0.717, 1.165) is 151 Å². The van der Waals surface area contributed by atoms with Gasteiger partial charge in [-0.25, -0.2) is 9.97 Å². The van der Waals surface area contributed by atoms with Crippen LogP contribution in [0.1, 0.15) is 132 Å². The minimum Gasteiger partial charge on any atom is -0.310 e. The van der Waals surface area contributed by atoms with Crippen molar-refractivity contribution in [2.75, 3.05) is 9.80 Å². The third kappa shape index (κ3) is 12.3. The molecule has 17 aromatic rings. The number of rotatable bonds is 10. The summed E-state index contributed by atoms with van der Waals surface area (Å²) in [5, 5.41) is 4.80. The van der Waals surface area contributed by atoms with Gasteiger partial charge in [-0.2, -0.15) is 0 Å². The Bertz CT molecular complexity index is 6050. The van der Waals surface area contributed by atoms with Gasteiger partial charge < -0.3 is 9.80 Å². The summed E-state index contributed by atoms with van der Waals surface area (Å²) in [4.78, 5) is 18.3. The first-order chi connectivity index (χ1) is 55.2. The summed E-state index contributed by atoms with van der Waals surface area (Å²) in [6.45, 7) is 34.6. The molecule has 0 aliphatic carbocycles. The number of hydrogen-bond donors (Lipinski definition) is 0. The minimum atomic E-state index is -0.526. The number of aromatic nitrogens is 4. The van der Waals surface area contributed by atoms with Gasteiger partial charge in [0.15, 0.2) is 0 Å². The molecule has 0 saturated heterocycles. The van der Waals surface area contributed by atoms with Crippen molar-refractivity contribution >= 4 is 101 Å². The van der Waals surface area contributed by atoms with Crippen LogP contribution in [0.4, 0.5) is 34.1 Å². The molecule has 0 saturated carbocycles. The summed E-state index contributed by atoms with van der Waals surface area (Å²) in [6.07, 6.45) is 0. The lowest BCUT2D eigenvalue weighted by atomic mass is 9.32. The predicted molar refractivity (Wildman–Crippen MR) is 491 cm³/mol. The normalized spacial score (nSPS) is 13.1. The van der Waals surface area contributed by atoms with Crippen LogP contribution in [-0.2, 0) is 27.1 Å². The van der Waals surface area contributed by atoms with Crippen LogP contribution >= 0.6 is 0 Å². The van der Waals surface area contributed by atoms with Crippen LogP contribution in [-0.4, -0.2) is 25.8 Å². The second-order valence-electron chi connectivity index (χ2n) is 37.0. The summed E-state index contributed by atoms with van der Waals surface area (Å²) in [6, 6.07) is 119. The molecule has 0 fully saturated rings. The van der Waals surface area contributed by atoms with Crippen molar-refractivity contribution in [3.63, 3.8) is 0 Å². The average molecular weight is 1490 g/mol. The van der Waals surface area contributed by atoms with Gasteiger partial charge in [-0.15, -0.1) is 0 Å². The van der Waals surface area contributed by atoms with E-state index in [2.05, 4.69) is 438 Å². The Morgan fingerprint density at radius 1 is 0.226 bits per heavy atom. The highest BCUT2D eigenvalue weighted by Crippen LogP contribution is 2.56. The molecule has 6 heterocycles. The maximum atomic E-state index is 6.45. The van der Waals surface area contributed by atoms with Crippen molar-refractivity contribution in [2.45, 2.75) is 131 Å². The molecule has 0 N–H and O–H groups in total. The van der Waals surface area contributed by atoms with Crippen molar-refractivity contribution in [2.24, 2.45) is 0 Å². The van der Waals surface area contributed by atoms with Gasteiger partial charge in [-0.3, -0.25) is 9.13 Å². The summed E-state index contributed by atoms with van der Waals surface area (Å²) in [5.41, 5.74) is 32.1. The molecule has 7 heteroatoms. The highest BCUT2D eigenvalue weighted by molar-refractivity contribution is 7.01. The summed E-state index contributed by atoms with van der Waals surface area (Å²) in [5.74, 6) is 1.64. The average Bonchev–Trinajstić information content (AvgIpc) is 0.822. The van der Waals surface area contributed by atoms with E-state index in [-0.39, 0.29) is 21.7 Å². The Morgan fingerprint density at radius 2 is 0.470 bits per heavy atom. The number of para-hydroxylation sites is 2. The number of anilines is 6. The van der Waals surface area contributed by atoms with E-state index in [1.807, 2.05) is 0 Å². The first-order valence-electron chi connectivity index (χ1n) is 40.9. The molecule has 6 nitrogen and oxygen atoms in total. The third-order valence-corrected chi connectivity index (χ3v) is 24.3. The van der Waals surface area contributed by atoms with Gasteiger partial charge in [0.2, 0.25) is 0 Å². The number of fused-ring (bicyclic) bond motifs is 10. The Morgan fingerprint density at radius 3 is 0.722 bits per heavy atom. The van der Waals surface area contributed by atoms with Crippen LogP contribution in [0.3, 0.4) is 0 Å². The highest BCUT2D eigenvalue weighted by Gasteiger charge is 2.50. The van der Waals surface area contributed by atoms with Crippen LogP contribution < -0.4 is 26.2 Å². The van der Waals surface area contributed by atoms with Crippen molar-refractivity contribution < 1.29 is 0 Å². The van der Waals surface area contributed by atoms with E-state index in [1.54, 1.807) is 0 Å². The van der Waals surface area contributed by atoms with E-state index >= 15 is 0 Å². The quantitative estimate of drug-likeness (QED) is 0.128. The minimum absolute atomic E-state index is 0.112. The van der Waals surface area contributed by atoms with Crippen LogP contribution in [0.5, 0.6) is 0 Å². The third-order valence-electron chi connectivity index (χ3n) is 24.3. The second kappa shape index (κ2) is 27.1. The SMILES string of the molecule is CC(C)(C)c1cc2c3c(c1)N(c1c(-c4ccccc4)cccc1-c1ccccc1)c1cc(-n4c5ccc(C(C)(C)C)cc5c5cc(C(C)(C)C)ccc54)nc(-c4ccccc4)c1B3c1c(cc(-n3c4ccc(C(C)(C)C)cc4c4cc(C(C)(C)C)ccc43)nc1-c1ccccc1)N2c1c(-c2ccccc2)cccc1-c1ccccc1. The van der Waals surface area contributed by atoms with Crippen molar-refractivity contribution in [3.8, 4) is 78.7 Å². The number of hydrogen-bond acceptors (Lipinski definition) is 4. The van der Waals surface area contributed by atoms with Gasteiger partial charge in [0.25, 0.3) is 6.71 Å². The summed E-state index contributed by atoms with van der Waals surface area (Å²) < 4.78 is 4.96. The van der Waals surface area contributed by atoms with E-state index in [1.165, 1.54) is 49.4 Å². The Labute approximate surface area is 678 Å². The molecule has 2 aliphatic rings. The van der Waals surface area contributed by atoms with E-state index in [9.17, 15) is 0 Å². The fraction of sp³-hybridized carbons (Fsp3) is 0.185. The number of pyridine rings is 2. The van der Waals surface area contributed by atoms with Crippen LogP contribution in [0.15, 0.2) is 315 Å². The second-order valence-corrected chi connectivity index (χ2v) is 37.0. The lowest BCUT2D eigenvalue weighted by molar-refractivity contribution is 0.590. The predicted octanol–water partition coefficient (Wildman–Crippen LogP) is 27.2. The molecule has 0 atom stereocenters. The maximum Gasteiger partial charge on any atom is 0.257 e. The molecule has 19 rings (SSSR count).